The quantitative estimate of drug-likeness (QED) is 0.00864. The number of aliphatic hydroxyl groups is 2. The molecular weight excluding hydrogens is 1630 g/mol. The molecule has 5 aromatic rings. The van der Waals surface area contributed by atoms with Crippen molar-refractivity contribution in [1.29, 1.82) is 0 Å². The molecule has 5 aromatic carbocycles. The van der Waals surface area contributed by atoms with Crippen LogP contribution in [-0.2, 0) is 71.6 Å². The van der Waals surface area contributed by atoms with Gasteiger partial charge >= 0.3 is 29.8 Å². The van der Waals surface area contributed by atoms with Crippen molar-refractivity contribution in [2.75, 3.05) is 131 Å². The van der Waals surface area contributed by atoms with Crippen LogP contribution in [0.1, 0.15) is 196 Å². The van der Waals surface area contributed by atoms with Gasteiger partial charge in [-0.3, -0.25) is 57.5 Å². The fourth-order valence-electron chi connectivity index (χ4n) is 10.9. The number of carbonyl (C=O) groups excluding carboxylic acids is 15. The summed E-state index contributed by atoms with van der Waals surface area (Å²) in [4.78, 5) is 183. The van der Waals surface area contributed by atoms with E-state index in [2.05, 4.69) is 73.9 Å². The van der Waals surface area contributed by atoms with E-state index in [1.807, 2.05) is 59.6 Å². The second-order valence-corrected chi connectivity index (χ2v) is 29.2. The standard InChI is InChI=1S/C21H28N2O4.C19H26N2O5.C19H24N2O5.C18H24N2O4.C18H22N2O4/c1-16(21(26)27-2)22-20(25)18-11-8-10-17(15-18)9-4-3-5-12-19(24)23-13-6-7-14-23;2*1-21(2)17(23)11-6-4-5-8-14-9-7-10-15(12-14)18(24)20-16(13-22)19(25)26-3;2*1-20(2)16(21)11-6-4-5-8-14-9-7-10-15(12-14)18(23)19-13-17(22)24-3/h4,8-11,15-16H,3,5-7,12-14H2,1-2H3,(H,22,25);5,7-10,12,16,22H,4,6,11,13H2,1-3H3,(H,20,24);7,9-10,12,16,22H,4,6,11,13H2,1-3H3,(H,20,24);5,7-10,12H,4,6,11,13H2,1-3H3,(H,19,23);7,9-10,12H,4,6,11,13H2,1-3H3,(H,19,23)/b9-4-;8-5-;;8-5-;/t3*16-;;/m100../s1. The molecule has 7 N–H and O–H groups in total. The summed E-state index contributed by atoms with van der Waals surface area (Å²) in [6.07, 6.45) is 23.7. The number of rotatable bonds is 38. The van der Waals surface area contributed by atoms with E-state index in [-0.39, 0.29) is 60.3 Å². The molecule has 0 radical (unpaired) electrons. The van der Waals surface area contributed by atoms with Crippen molar-refractivity contribution in [1.82, 2.24) is 51.1 Å². The van der Waals surface area contributed by atoms with Gasteiger partial charge in [0.15, 0.2) is 12.1 Å². The first-order valence-corrected chi connectivity index (χ1v) is 41.3. The molecule has 0 saturated carbocycles. The predicted molar refractivity (Wildman–Crippen MR) is 481 cm³/mol. The number of nitrogens with one attached hydrogen (secondary N) is 5. The molecule has 1 aliphatic heterocycles. The first-order valence-electron chi connectivity index (χ1n) is 41.3. The van der Waals surface area contributed by atoms with Crippen LogP contribution in [0.15, 0.2) is 140 Å². The molecule has 0 unspecified atom stereocenters. The average molecular weight is 1760 g/mol. The highest BCUT2D eigenvalue weighted by atomic mass is 16.5. The zero-order valence-electron chi connectivity index (χ0n) is 75.3. The number of benzene rings is 5. The summed E-state index contributed by atoms with van der Waals surface area (Å²) in [5.74, 6) is 7.61. The minimum absolute atomic E-state index is 0.0644. The molecule has 0 aromatic heterocycles. The highest BCUT2D eigenvalue weighted by Crippen LogP contribution is 2.16. The number of methoxy groups -OCH3 is 5. The lowest BCUT2D eigenvalue weighted by Gasteiger charge is -2.14. The number of esters is 5. The highest BCUT2D eigenvalue weighted by Gasteiger charge is 2.24. The van der Waals surface area contributed by atoms with Gasteiger partial charge < -0.3 is 85.0 Å². The number of nitrogens with zero attached hydrogens (tertiary/aromatic N) is 5. The lowest BCUT2D eigenvalue weighted by Crippen LogP contribution is -2.44. The summed E-state index contributed by atoms with van der Waals surface area (Å²) in [5.41, 5.74) is 6.05. The molecule has 1 heterocycles. The van der Waals surface area contributed by atoms with Crippen LogP contribution >= 0.6 is 0 Å². The fraction of sp³-hybridized carbons (Fsp3) is 0.421. The lowest BCUT2D eigenvalue weighted by molar-refractivity contribution is -0.144. The number of unbranched alkanes of at least 4 members (excludes halogenated alkanes) is 5. The highest BCUT2D eigenvalue weighted by molar-refractivity contribution is 6.00. The zero-order valence-corrected chi connectivity index (χ0v) is 75.3. The van der Waals surface area contributed by atoms with Gasteiger partial charge in [0.2, 0.25) is 29.5 Å². The van der Waals surface area contributed by atoms with Crippen molar-refractivity contribution in [2.24, 2.45) is 0 Å². The molecule has 1 saturated heterocycles. The third-order valence-electron chi connectivity index (χ3n) is 18.3. The molecule has 0 aliphatic carbocycles. The van der Waals surface area contributed by atoms with Gasteiger partial charge in [0, 0.05) is 153 Å². The largest absolute Gasteiger partial charge is 0.468 e. The van der Waals surface area contributed by atoms with Gasteiger partial charge in [0.05, 0.1) is 48.8 Å². The van der Waals surface area contributed by atoms with E-state index in [1.165, 1.54) is 35.5 Å². The monoisotopic (exact) mass is 1760 g/mol. The Bertz CT molecular complexity index is 4660. The zero-order chi connectivity index (χ0) is 94.6. The van der Waals surface area contributed by atoms with Crippen LogP contribution in [0.5, 0.6) is 0 Å². The van der Waals surface area contributed by atoms with Crippen LogP contribution in [0.25, 0.3) is 18.2 Å². The molecule has 3 atom stereocenters. The number of hydrogen-bond acceptors (Lipinski definition) is 22. The van der Waals surface area contributed by atoms with Gasteiger partial charge in [-0.1, -0.05) is 109 Å². The van der Waals surface area contributed by atoms with E-state index >= 15 is 0 Å². The average Bonchev–Trinajstić information content (AvgIpc) is 1.30. The van der Waals surface area contributed by atoms with Gasteiger partial charge in [-0.25, -0.2) is 14.4 Å². The molecule has 0 bridgehead atoms. The fourth-order valence-corrected chi connectivity index (χ4v) is 10.9. The van der Waals surface area contributed by atoms with E-state index in [1.54, 1.807) is 186 Å². The SMILES string of the molecule is COC(=O)CNC(=O)c1cccc(/C=C\CCCC(=O)N(C)C)c1.COC(=O)CNC(=O)c1cccc(C#CCCCC(=O)N(C)C)c1.COC(=O)[C@@H](C)NC(=O)c1cccc(/C=C\CCCC(=O)N2CCCC2)c1.COC(=O)[C@H](CO)NC(=O)c1cccc(/C=C\CCCC(=O)N(C)C)c1.COC(=O)[C@H](CO)NC(=O)c1cccc(C#CCCCC(=O)N(C)C)c1. The van der Waals surface area contributed by atoms with Crippen LogP contribution in [-0.4, -0.2) is 273 Å². The van der Waals surface area contributed by atoms with Gasteiger partial charge in [-0.2, -0.15) is 0 Å². The van der Waals surface area contributed by atoms with Crippen LogP contribution in [0.4, 0.5) is 0 Å². The third-order valence-corrected chi connectivity index (χ3v) is 18.3. The Labute approximate surface area is 744 Å². The Morgan fingerprint density at radius 2 is 0.701 bits per heavy atom. The van der Waals surface area contributed by atoms with Crippen LogP contribution in [0.3, 0.4) is 0 Å². The minimum Gasteiger partial charge on any atom is -0.468 e. The molecule has 32 nitrogen and oxygen atoms in total. The van der Waals surface area contributed by atoms with E-state index in [0.29, 0.717) is 96.7 Å². The number of likely N-dealkylation sites (tertiary alicyclic amines) is 1. The number of amides is 10. The number of carbonyl (C=O) groups is 15. The normalized spacial score (nSPS) is 11.6. The van der Waals surface area contributed by atoms with Gasteiger partial charge in [-0.05, 0) is 161 Å². The van der Waals surface area contributed by atoms with Crippen LogP contribution in [0.2, 0.25) is 0 Å². The second kappa shape index (κ2) is 63.3. The number of hydrogen-bond donors (Lipinski definition) is 7. The summed E-state index contributed by atoms with van der Waals surface area (Å²) in [6.45, 7) is 1.96. The molecule has 10 amide bonds. The van der Waals surface area contributed by atoms with Crippen molar-refractivity contribution in [2.45, 2.75) is 134 Å². The maximum absolute atomic E-state index is 12.2. The number of aliphatic hydroxyl groups excluding tert-OH is 2. The second-order valence-electron chi connectivity index (χ2n) is 29.2. The van der Waals surface area contributed by atoms with Gasteiger partial charge in [0.25, 0.3) is 29.5 Å². The Balaban J connectivity index is 0.000000538. The molecule has 32 heteroatoms. The van der Waals surface area contributed by atoms with Crippen LogP contribution < -0.4 is 26.6 Å². The van der Waals surface area contributed by atoms with Crippen molar-refractivity contribution in [3.8, 4) is 23.7 Å². The van der Waals surface area contributed by atoms with Crippen molar-refractivity contribution < 1.29 is 106 Å². The van der Waals surface area contributed by atoms with E-state index in [4.69, 9.17) is 10.2 Å². The number of allylic oxidation sites excluding steroid dienone is 3. The first-order chi connectivity index (χ1) is 60.6. The van der Waals surface area contributed by atoms with Gasteiger partial charge in [-0.15, -0.1) is 0 Å². The molecule has 6 rings (SSSR count). The van der Waals surface area contributed by atoms with Gasteiger partial charge in [0.1, 0.15) is 19.1 Å². The molecule has 127 heavy (non-hydrogen) atoms. The van der Waals surface area contributed by atoms with E-state index in [9.17, 15) is 71.9 Å². The maximum Gasteiger partial charge on any atom is 0.330 e. The Morgan fingerprint density at radius 3 is 1.03 bits per heavy atom. The van der Waals surface area contributed by atoms with Crippen molar-refractivity contribution in [3.05, 3.63) is 195 Å². The molecule has 1 fully saturated rings. The Morgan fingerprint density at radius 1 is 0.394 bits per heavy atom. The van der Waals surface area contributed by atoms with Crippen molar-refractivity contribution >= 4 is 107 Å². The van der Waals surface area contributed by atoms with Crippen molar-refractivity contribution in [3.63, 3.8) is 0 Å². The Kier molecular flexibility index (Phi) is 54.6. The van der Waals surface area contributed by atoms with Crippen LogP contribution in [0, 0.1) is 23.7 Å². The topological polar surface area (TPSA) is 419 Å². The summed E-state index contributed by atoms with van der Waals surface area (Å²) >= 11 is 0. The third kappa shape index (κ3) is 46.6. The molecule has 0 spiro atoms. The summed E-state index contributed by atoms with van der Waals surface area (Å²) in [7, 11) is 20.0. The molecular formula is C95H124N10O22. The summed E-state index contributed by atoms with van der Waals surface area (Å²) in [6, 6.07) is 31.7. The summed E-state index contributed by atoms with van der Waals surface area (Å²) in [5, 5.41) is 30.7. The maximum atomic E-state index is 12.2. The lowest BCUT2D eigenvalue weighted by atomic mass is 10.1. The number of ether oxygens (including phenoxy) is 5. The molecule has 1 aliphatic rings. The minimum atomic E-state index is -1.11. The Hall–Kier alpha value is -13.6. The smallest absolute Gasteiger partial charge is 0.330 e. The predicted octanol–water partition coefficient (Wildman–Crippen LogP) is 7.63. The van der Waals surface area contributed by atoms with E-state index < -0.39 is 73.0 Å². The summed E-state index contributed by atoms with van der Waals surface area (Å²) < 4.78 is 22.6. The first kappa shape index (κ1) is 109. The molecule has 686 valence electrons. The van der Waals surface area contributed by atoms with E-state index in [0.717, 1.165) is 81.1 Å².